The van der Waals surface area contributed by atoms with Crippen molar-refractivity contribution in [2.75, 3.05) is 18.5 Å². The van der Waals surface area contributed by atoms with Gasteiger partial charge in [0.25, 0.3) is 11.8 Å². The molecule has 39 heavy (non-hydrogen) atoms. The smallest absolute Gasteiger partial charge is 0.303 e. The van der Waals surface area contributed by atoms with E-state index in [2.05, 4.69) is 31.9 Å². The van der Waals surface area contributed by atoms with Crippen LogP contribution in [0.15, 0.2) is 54.6 Å². The molecule has 0 aliphatic carbocycles. The average molecular weight is 669 g/mol. The van der Waals surface area contributed by atoms with E-state index in [0.717, 1.165) is 22.2 Å². The zero-order valence-electron chi connectivity index (χ0n) is 21.4. The highest BCUT2D eigenvalue weighted by Gasteiger charge is 2.55. The van der Waals surface area contributed by atoms with Gasteiger partial charge in [-0.05, 0) is 30.5 Å². The Balaban J connectivity index is 1.58. The summed E-state index contributed by atoms with van der Waals surface area (Å²) in [6.45, 7) is 1.70. The van der Waals surface area contributed by atoms with Gasteiger partial charge in [-0.2, -0.15) is 0 Å². The summed E-state index contributed by atoms with van der Waals surface area (Å²) in [5.41, 5.74) is 1.39. The van der Waals surface area contributed by atoms with Crippen molar-refractivity contribution in [3.05, 3.63) is 71.3 Å². The Labute approximate surface area is 244 Å². The molecule has 1 unspecified atom stereocenters. The molecule has 2 aliphatic heterocycles. The lowest BCUT2D eigenvalue weighted by Gasteiger charge is -2.46. The topological polar surface area (TPSA) is 112 Å². The van der Waals surface area contributed by atoms with E-state index in [1.807, 2.05) is 30.3 Å². The van der Waals surface area contributed by atoms with E-state index < -0.39 is 48.4 Å². The molecule has 4 rings (SSSR count). The number of amides is 2. The molecule has 2 amide bonds. The minimum atomic E-state index is -1.39. The summed E-state index contributed by atoms with van der Waals surface area (Å²) in [5.74, 6) is -1.81. The lowest BCUT2D eigenvalue weighted by Crippen LogP contribution is -2.66. The number of imide groups is 1. The maximum atomic E-state index is 13.4. The van der Waals surface area contributed by atoms with Crippen molar-refractivity contribution in [3.63, 3.8) is 0 Å². The molecule has 1 fully saturated rings. The van der Waals surface area contributed by atoms with Crippen molar-refractivity contribution in [3.8, 4) is 0 Å². The highest BCUT2D eigenvalue weighted by Crippen LogP contribution is 2.34. The number of alkyl halides is 2. The number of nitrogens with zero attached hydrogens (tertiary/aromatic N) is 1. The Kier molecular flexibility index (Phi) is 10.7. The van der Waals surface area contributed by atoms with E-state index in [0.29, 0.717) is 6.42 Å². The fourth-order valence-electron chi connectivity index (χ4n) is 4.70. The number of fused-ring (bicyclic) bond motifs is 1. The average Bonchev–Trinajstić information content (AvgIpc) is 3.18. The molecule has 6 atom stereocenters. The van der Waals surface area contributed by atoms with E-state index in [1.54, 1.807) is 24.3 Å². The number of benzene rings is 2. The first-order valence-corrected chi connectivity index (χ1v) is 14.8. The largest absolute Gasteiger partial charge is 0.457 e. The molecule has 2 aromatic carbocycles. The van der Waals surface area contributed by atoms with Gasteiger partial charge in [-0.25, -0.2) is 0 Å². The van der Waals surface area contributed by atoms with E-state index >= 15 is 0 Å². The first-order chi connectivity index (χ1) is 18.8. The number of aliphatic hydroxyl groups excluding tert-OH is 1. The van der Waals surface area contributed by atoms with Crippen molar-refractivity contribution in [1.29, 1.82) is 0 Å². The minimum Gasteiger partial charge on any atom is -0.457 e. The van der Waals surface area contributed by atoms with Crippen LogP contribution in [-0.4, -0.2) is 81.8 Å². The fraction of sp³-hybridized carbons (Fsp3) is 0.464. The van der Waals surface area contributed by atoms with Gasteiger partial charge >= 0.3 is 5.97 Å². The first-order valence-electron chi connectivity index (χ1n) is 12.7. The molecule has 1 N–H and O–H groups in total. The number of hydrogen-bond acceptors (Lipinski definition) is 8. The maximum Gasteiger partial charge on any atom is 0.303 e. The minimum absolute atomic E-state index is 0.0322. The van der Waals surface area contributed by atoms with Crippen LogP contribution in [0.25, 0.3) is 0 Å². The van der Waals surface area contributed by atoms with Crippen molar-refractivity contribution >= 4 is 49.6 Å². The number of carbonyl (C=O) groups excluding carboxylic acids is 3. The molecular formula is C28H31Br2NO8. The third kappa shape index (κ3) is 7.14. The predicted octanol–water partition coefficient (Wildman–Crippen LogP) is 3.84. The quantitative estimate of drug-likeness (QED) is 0.157. The van der Waals surface area contributed by atoms with Crippen LogP contribution in [0.4, 0.5) is 0 Å². The van der Waals surface area contributed by atoms with Crippen molar-refractivity contribution in [2.45, 2.75) is 61.8 Å². The SMILES string of the molecule is CC(=O)O[C@H]1[C@H](O)[C@@H](COCc2ccccc2)O[C@@H](OCCCC(Br)CBr)[C@@H]1N1C(=O)c2ccccc2C1=O. The molecule has 0 aromatic heterocycles. The van der Waals surface area contributed by atoms with E-state index in [-0.39, 0.29) is 35.8 Å². The van der Waals surface area contributed by atoms with Gasteiger partial charge in [0.15, 0.2) is 12.4 Å². The van der Waals surface area contributed by atoms with Gasteiger partial charge in [0, 0.05) is 23.7 Å². The van der Waals surface area contributed by atoms with Crippen LogP contribution in [0.1, 0.15) is 46.0 Å². The van der Waals surface area contributed by atoms with Crippen molar-refractivity contribution in [2.24, 2.45) is 0 Å². The van der Waals surface area contributed by atoms with Crippen LogP contribution >= 0.6 is 31.9 Å². The number of carbonyl (C=O) groups is 3. The standard InChI is InChI=1S/C28H31Br2NO8/c1-17(32)38-25-23(31-26(34)20-11-5-6-12-21(20)27(31)35)28(37-13-7-10-19(30)14-29)39-22(24(25)33)16-36-15-18-8-3-2-4-9-18/h2-6,8-9,11-12,19,22-25,28,33H,7,10,13-16H2,1H3/t19?,22-,23-,24-,25-,28-/m1/s1. The summed E-state index contributed by atoms with van der Waals surface area (Å²) in [5, 5.41) is 12.1. The summed E-state index contributed by atoms with van der Waals surface area (Å²) in [7, 11) is 0. The highest BCUT2D eigenvalue weighted by atomic mass is 79.9. The number of hydrogen-bond donors (Lipinski definition) is 1. The second-order valence-electron chi connectivity index (χ2n) is 9.39. The third-order valence-corrected chi connectivity index (χ3v) is 9.00. The summed E-state index contributed by atoms with van der Waals surface area (Å²) in [6.07, 6.45) is -3.33. The van der Waals surface area contributed by atoms with Gasteiger partial charge in [0.05, 0.1) is 24.3 Å². The number of aliphatic hydroxyl groups is 1. The number of ether oxygens (including phenoxy) is 4. The van der Waals surface area contributed by atoms with Crippen LogP contribution in [0.5, 0.6) is 0 Å². The molecule has 9 nitrogen and oxygen atoms in total. The highest BCUT2D eigenvalue weighted by molar-refractivity contribution is 9.12. The molecule has 0 radical (unpaired) electrons. The Hall–Kier alpha value is -2.15. The van der Waals surface area contributed by atoms with Gasteiger partial charge in [0.2, 0.25) is 0 Å². The Morgan fingerprint density at radius 1 is 1.08 bits per heavy atom. The van der Waals surface area contributed by atoms with Crippen molar-refractivity contribution in [1.82, 2.24) is 4.90 Å². The van der Waals surface area contributed by atoms with Gasteiger partial charge in [-0.15, -0.1) is 0 Å². The zero-order chi connectivity index (χ0) is 27.9. The molecule has 0 bridgehead atoms. The monoisotopic (exact) mass is 667 g/mol. The van der Waals surface area contributed by atoms with Crippen LogP contribution < -0.4 is 0 Å². The molecule has 2 aliphatic rings. The maximum absolute atomic E-state index is 13.4. The van der Waals surface area contributed by atoms with E-state index in [1.165, 1.54) is 6.92 Å². The number of esters is 1. The van der Waals surface area contributed by atoms with E-state index in [9.17, 15) is 19.5 Å². The summed E-state index contributed by atoms with van der Waals surface area (Å²) >= 11 is 6.99. The van der Waals surface area contributed by atoms with Crippen LogP contribution in [0, 0.1) is 0 Å². The van der Waals surface area contributed by atoms with Gasteiger partial charge in [0.1, 0.15) is 18.2 Å². The van der Waals surface area contributed by atoms with Crippen LogP contribution in [-0.2, 0) is 30.3 Å². The van der Waals surface area contributed by atoms with Gasteiger partial charge in [-0.1, -0.05) is 74.3 Å². The lowest BCUT2D eigenvalue weighted by atomic mass is 9.95. The summed E-state index contributed by atoms with van der Waals surface area (Å²) in [4.78, 5) is 40.2. The Bertz CT molecular complexity index is 1110. The summed E-state index contributed by atoms with van der Waals surface area (Å²) < 4.78 is 23.6. The van der Waals surface area contributed by atoms with Crippen LogP contribution in [0.2, 0.25) is 0 Å². The zero-order valence-corrected chi connectivity index (χ0v) is 24.6. The number of halogens is 2. The second-order valence-corrected chi connectivity index (χ2v) is 11.3. The molecule has 2 heterocycles. The van der Waals surface area contributed by atoms with Gasteiger partial charge in [-0.3, -0.25) is 19.3 Å². The Morgan fingerprint density at radius 2 is 1.72 bits per heavy atom. The predicted molar refractivity (Wildman–Crippen MR) is 149 cm³/mol. The lowest BCUT2D eigenvalue weighted by molar-refractivity contribution is -0.284. The molecule has 210 valence electrons. The third-order valence-electron chi connectivity index (χ3n) is 6.57. The fourth-order valence-corrected chi connectivity index (χ4v) is 5.35. The Morgan fingerprint density at radius 3 is 2.33 bits per heavy atom. The van der Waals surface area contributed by atoms with Crippen LogP contribution in [0.3, 0.4) is 0 Å². The molecule has 1 saturated heterocycles. The molecule has 11 heteroatoms. The summed E-state index contributed by atoms with van der Waals surface area (Å²) in [6, 6.07) is 14.7. The molecule has 0 saturated carbocycles. The normalized spacial score (nSPS) is 25.4. The van der Waals surface area contributed by atoms with Crippen molar-refractivity contribution < 1.29 is 38.4 Å². The van der Waals surface area contributed by atoms with Gasteiger partial charge < -0.3 is 24.1 Å². The molecule has 0 spiro atoms. The first kappa shape index (κ1) is 29.8. The second kappa shape index (κ2) is 14.0. The molecule has 2 aromatic rings. The molecular weight excluding hydrogens is 638 g/mol. The number of rotatable bonds is 12. The van der Waals surface area contributed by atoms with E-state index in [4.69, 9.17) is 18.9 Å².